The molecule has 1 fully saturated rings. The Bertz CT molecular complexity index is 1210. The number of hydrogen-bond donors (Lipinski definition) is 0. The van der Waals surface area contributed by atoms with E-state index in [9.17, 15) is 17.2 Å². The van der Waals surface area contributed by atoms with Crippen molar-refractivity contribution in [1.82, 2.24) is 14.3 Å². The van der Waals surface area contributed by atoms with Crippen molar-refractivity contribution in [1.29, 1.82) is 0 Å². The average Bonchev–Trinajstić information content (AvgIpc) is 2.76. The molecule has 1 aliphatic rings. The van der Waals surface area contributed by atoms with Crippen molar-refractivity contribution < 1.29 is 17.2 Å². The molecule has 4 rings (SSSR count). The van der Waals surface area contributed by atoms with Crippen molar-refractivity contribution >= 4 is 15.8 Å². The van der Waals surface area contributed by atoms with Gasteiger partial charge in [-0.2, -0.15) is 4.31 Å². The molecule has 1 aromatic heterocycles. The van der Waals surface area contributed by atoms with E-state index in [1.165, 1.54) is 28.6 Å². The van der Waals surface area contributed by atoms with Gasteiger partial charge >= 0.3 is 0 Å². The number of halogens is 2. The minimum Gasteiger partial charge on any atom is -0.354 e. The molecule has 9 heteroatoms. The molecule has 6 nitrogen and oxygen atoms in total. The molecule has 0 saturated carbocycles. The van der Waals surface area contributed by atoms with Crippen molar-refractivity contribution in [2.24, 2.45) is 0 Å². The lowest BCUT2D eigenvalue weighted by Crippen LogP contribution is -2.49. The van der Waals surface area contributed by atoms with Gasteiger partial charge in [0.25, 0.3) is 0 Å². The maximum atomic E-state index is 13.7. The molecule has 2 aromatic carbocycles. The van der Waals surface area contributed by atoms with E-state index in [0.717, 1.165) is 23.4 Å². The Kier molecular flexibility index (Phi) is 5.72. The van der Waals surface area contributed by atoms with Crippen LogP contribution in [0.3, 0.4) is 0 Å². The summed E-state index contributed by atoms with van der Waals surface area (Å²) in [4.78, 5) is 11.3. The highest BCUT2D eigenvalue weighted by atomic mass is 32.2. The first-order valence-corrected chi connectivity index (χ1v) is 11.3. The zero-order chi connectivity index (χ0) is 22.2. The van der Waals surface area contributed by atoms with E-state index in [0.29, 0.717) is 30.3 Å². The zero-order valence-corrected chi connectivity index (χ0v) is 18.0. The second-order valence-electron chi connectivity index (χ2n) is 7.44. The molecule has 0 unspecified atom stereocenters. The number of aromatic nitrogens is 2. The standard InChI is InChI=1S/C22H22F2N4O2S/c1-15-16(2)25-21(17-4-3-5-19(24)14-17)26-22(15)27-10-12-28(13-11-27)31(29,30)20-8-6-18(23)7-9-20/h3-9,14H,10-13H2,1-2H3. The topological polar surface area (TPSA) is 66.4 Å². The molecule has 162 valence electrons. The predicted molar refractivity (Wildman–Crippen MR) is 114 cm³/mol. The van der Waals surface area contributed by atoms with Gasteiger partial charge < -0.3 is 4.90 Å². The summed E-state index contributed by atoms with van der Waals surface area (Å²) in [6, 6.07) is 11.0. The van der Waals surface area contributed by atoms with Gasteiger partial charge in [0, 0.05) is 43.0 Å². The fourth-order valence-corrected chi connectivity index (χ4v) is 5.00. The van der Waals surface area contributed by atoms with Crippen molar-refractivity contribution in [3.63, 3.8) is 0 Å². The molecular weight excluding hydrogens is 422 g/mol. The zero-order valence-electron chi connectivity index (χ0n) is 17.2. The van der Waals surface area contributed by atoms with Gasteiger partial charge in [0.1, 0.15) is 17.5 Å². The first kappa shape index (κ1) is 21.3. The number of benzene rings is 2. The second-order valence-corrected chi connectivity index (χ2v) is 9.37. The molecular formula is C22H22F2N4O2S. The van der Waals surface area contributed by atoms with Crippen LogP contribution in [0.2, 0.25) is 0 Å². The van der Waals surface area contributed by atoms with E-state index in [-0.39, 0.29) is 23.8 Å². The van der Waals surface area contributed by atoms with Gasteiger partial charge in [-0.1, -0.05) is 12.1 Å². The van der Waals surface area contributed by atoms with Crippen LogP contribution < -0.4 is 4.90 Å². The molecule has 0 amide bonds. The van der Waals surface area contributed by atoms with Gasteiger partial charge in [0.2, 0.25) is 10.0 Å². The lowest BCUT2D eigenvalue weighted by atomic mass is 10.1. The van der Waals surface area contributed by atoms with Gasteiger partial charge in [0.05, 0.1) is 4.90 Å². The Labute approximate surface area is 180 Å². The van der Waals surface area contributed by atoms with Crippen molar-refractivity contribution in [3.05, 3.63) is 71.4 Å². The number of piperazine rings is 1. The molecule has 1 saturated heterocycles. The van der Waals surface area contributed by atoms with Gasteiger partial charge in [-0.05, 0) is 50.2 Å². The molecule has 2 heterocycles. The summed E-state index contributed by atoms with van der Waals surface area (Å²) in [5.41, 5.74) is 2.27. The Balaban J connectivity index is 1.57. The van der Waals surface area contributed by atoms with Crippen LogP contribution in [0.5, 0.6) is 0 Å². The second kappa shape index (κ2) is 8.32. The molecule has 0 bridgehead atoms. The highest BCUT2D eigenvalue weighted by Crippen LogP contribution is 2.27. The predicted octanol–water partition coefficient (Wildman–Crippen LogP) is 3.55. The van der Waals surface area contributed by atoms with Crippen molar-refractivity contribution in [3.8, 4) is 11.4 Å². The third kappa shape index (κ3) is 4.28. The fourth-order valence-electron chi connectivity index (χ4n) is 3.57. The van der Waals surface area contributed by atoms with Gasteiger partial charge in [0.15, 0.2) is 5.82 Å². The quantitative estimate of drug-likeness (QED) is 0.616. The molecule has 0 atom stereocenters. The van der Waals surface area contributed by atoms with Gasteiger partial charge in [-0.15, -0.1) is 0 Å². The summed E-state index contributed by atoms with van der Waals surface area (Å²) in [6.45, 7) is 5.23. The average molecular weight is 445 g/mol. The highest BCUT2D eigenvalue weighted by Gasteiger charge is 2.30. The third-order valence-electron chi connectivity index (χ3n) is 5.44. The molecule has 0 aliphatic carbocycles. The smallest absolute Gasteiger partial charge is 0.243 e. The summed E-state index contributed by atoms with van der Waals surface area (Å²) in [6.07, 6.45) is 0. The Hall–Kier alpha value is -2.91. The van der Waals surface area contributed by atoms with Crippen LogP contribution in [0, 0.1) is 25.5 Å². The van der Waals surface area contributed by atoms with Crippen LogP contribution in [0.15, 0.2) is 53.4 Å². The molecule has 1 aliphatic heterocycles. The summed E-state index contributed by atoms with van der Waals surface area (Å²) < 4.78 is 53.9. The van der Waals surface area contributed by atoms with Crippen LogP contribution in [-0.4, -0.2) is 48.9 Å². The summed E-state index contributed by atoms with van der Waals surface area (Å²) in [7, 11) is -3.69. The van der Waals surface area contributed by atoms with E-state index in [1.807, 2.05) is 18.7 Å². The normalized spacial score (nSPS) is 15.3. The van der Waals surface area contributed by atoms with Crippen LogP contribution >= 0.6 is 0 Å². The molecule has 0 radical (unpaired) electrons. The molecule has 31 heavy (non-hydrogen) atoms. The summed E-state index contributed by atoms with van der Waals surface area (Å²) >= 11 is 0. The SMILES string of the molecule is Cc1nc(-c2cccc(F)c2)nc(N2CCN(S(=O)(=O)c3ccc(F)cc3)CC2)c1C. The van der Waals surface area contributed by atoms with E-state index < -0.39 is 15.8 Å². The largest absolute Gasteiger partial charge is 0.354 e. The lowest BCUT2D eigenvalue weighted by molar-refractivity contribution is 0.383. The first-order valence-electron chi connectivity index (χ1n) is 9.87. The molecule has 0 spiro atoms. The number of hydrogen-bond acceptors (Lipinski definition) is 5. The molecule has 0 N–H and O–H groups in total. The fraction of sp³-hybridized carbons (Fsp3) is 0.273. The van der Waals surface area contributed by atoms with Gasteiger partial charge in [-0.25, -0.2) is 27.2 Å². The number of sulfonamides is 1. The van der Waals surface area contributed by atoms with E-state index >= 15 is 0 Å². The van der Waals surface area contributed by atoms with Crippen LogP contribution in [0.25, 0.3) is 11.4 Å². The van der Waals surface area contributed by atoms with Crippen LogP contribution in [-0.2, 0) is 10.0 Å². The maximum absolute atomic E-state index is 13.7. The third-order valence-corrected chi connectivity index (χ3v) is 7.35. The van der Waals surface area contributed by atoms with Crippen LogP contribution in [0.4, 0.5) is 14.6 Å². The summed E-state index contributed by atoms with van der Waals surface area (Å²) in [5, 5.41) is 0. The number of aryl methyl sites for hydroxylation is 1. The maximum Gasteiger partial charge on any atom is 0.243 e. The number of nitrogens with zero attached hydrogens (tertiary/aromatic N) is 4. The Morgan fingerprint density at radius 1 is 0.871 bits per heavy atom. The Morgan fingerprint density at radius 3 is 2.19 bits per heavy atom. The minimum absolute atomic E-state index is 0.0739. The number of anilines is 1. The van der Waals surface area contributed by atoms with E-state index in [1.54, 1.807) is 12.1 Å². The minimum atomic E-state index is -3.69. The highest BCUT2D eigenvalue weighted by molar-refractivity contribution is 7.89. The van der Waals surface area contributed by atoms with Crippen molar-refractivity contribution in [2.75, 3.05) is 31.1 Å². The van der Waals surface area contributed by atoms with Crippen LogP contribution in [0.1, 0.15) is 11.3 Å². The molecule has 3 aromatic rings. The first-order chi connectivity index (χ1) is 14.8. The monoisotopic (exact) mass is 444 g/mol. The summed E-state index contributed by atoms with van der Waals surface area (Å²) in [5.74, 6) is 0.303. The van der Waals surface area contributed by atoms with Gasteiger partial charge in [-0.3, -0.25) is 0 Å². The lowest BCUT2D eigenvalue weighted by Gasteiger charge is -2.35. The number of rotatable bonds is 4. The van der Waals surface area contributed by atoms with Crippen molar-refractivity contribution in [2.45, 2.75) is 18.7 Å². The van der Waals surface area contributed by atoms with E-state index in [4.69, 9.17) is 0 Å². The Morgan fingerprint density at radius 2 is 1.55 bits per heavy atom. The van der Waals surface area contributed by atoms with E-state index in [2.05, 4.69) is 9.97 Å².